The summed E-state index contributed by atoms with van der Waals surface area (Å²) in [5.41, 5.74) is 2.77. The number of hydrogen-bond acceptors (Lipinski definition) is 5. The molecule has 39 heavy (non-hydrogen) atoms. The molecule has 0 amide bonds. The normalized spacial score (nSPS) is 16.0. The maximum absolute atomic E-state index is 12.3. The molecule has 6 nitrogen and oxygen atoms in total. The van der Waals surface area contributed by atoms with Gasteiger partial charge in [-0.25, -0.2) is 0 Å². The number of rotatable bonds is 7. The molecule has 0 spiro atoms. The van der Waals surface area contributed by atoms with Crippen molar-refractivity contribution in [3.63, 3.8) is 0 Å². The third-order valence-electron chi connectivity index (χ3n) is 5.28. The van der Waals surface area contributed by atoms with Crippen molar-refractivity contribution in [3.05, 3.63) is 102 Å². The average Bonchev–Trinajstić information content (AvgIpc) is 3.38. The van der Waals surface area contributed by atoms with Crippen molar-refractivity contribution in [3.8, 4) is 0 Å². The van der Waals surface area contributed by atoms with Gasteiger partial charge in [-0.3, -0.25) is 9.46 Å². The monoisotopic (exact) mass is 575 g/mol. The van der Waals surface area contributed by atoms with Crippen LogP contribution in [-0.2, 0) is 26.6 Å². The molecule has 3 aromatic carbocycles. The van der Waals surface area contributed by atoms with Crippen LogP contribution in [0, 0.1) is 0 Å². The highest BCUT2D eigenvalue weighted by Crippen LogP contribution is 2.50. The van der Waals surface area contributed by atoms with Crippen molar-refractivity contribution in [1.82, 2.24) is 10.2 Å². The van der Waals surface area contributed by atoms with Crippen LogP contribution in [0.4, 0.5) is 0 Å². The Labute approximate surface area is 238 Å². The maximum Gasteiger partial charge on any atom is 0.502 e. The molecule has 0 bridgehead atoms. The molecule has 2 atom stereocenters. The molecular weight excluding hydrogens is 526 g/mol. The van der Waals surface area contributed by atoms with Crippen LogP contribution in [0.2, 0.25) is 0 Å². The van der Waals surface area contributed by atoms with Gasteiger partial charge < -0.3 is 9.84 Å². The van der Waals surface area contributed by atoms with Crippen LogP contribution < -0.4 is 10.6 Å². The van der Waals surface area contributed by atoms with E-state index >= 15 is 0 Å². The standard InChI is InChI=1S/C10H14NO2P.C10H15N.C8H10.C2H6.CH3O2P/c1-2-11-8-13-14(12,9-11)10-6-4-3-5-7-10;1-2-8-11-9-10-6-4-3-5-7-10;1-2-8-6-4-3-5-7-8;1-2;1-4(2)3/h3-7H,2,8-9H2,1H3;3-7,11H,2,8-9H2,1H3;3-7H,2H2,1H3;1-2H3;1H3/p+1. The minimum absolute atomic E-state index is 0.489. The van der Waals surface area contributed by atoms with E-state index in [9.17, 15) is 4.57 Å². The molecule has 216 valence electrons. The molecule has 2 unspecified atom stereocenters. The summed E-state index contributed by atoms with van der Waals surface area (Å²) in [7, 11) is -4.44. The first-order valence-electron chi connectivity index (χ1n) is 13.7. The topological polar surface area (TPSA) is 78.9 Å². The Hall–Kier alpha value is -2.17. The molecule has 1 aliphatic heterocycles. The van der Waals surface area contributed by atoms with Gasteiger partial charge in [-0.15, -0.1) is 0 Å². The first-order chi connectivity index (χ1) is 18.8. The largest absolute Gasteiger partial charge is 0.502 e. The van der Waals surface area contributed by atoms with Gasteiger partial charge in [-0.1, -0.05) is 113 Å². The summed E-state index contributed by atoms with van der Waals surface area (Å²) >= 11 is 0. The highest BCUT2D eigenvalue weighted by atomic mass is 31.2. The predicted molar refractivity (Wildman–Crippen MR) is 168 cm³/mol. The zero-order chi connectivity index (χ0) is 29.4. The summed E-state index contributed by atoms with van der Waals surface area (Å²) in [4.78, 5) is 9.61. The first-order valence-corrected chi connectivity index (χ1v) is 17.2. The lowest BCUT2D eigenvalue weighted by Gasteiger charge is -2.10. The molecule has 1 heterocycles. The molecule has 3 aromatic rings. The van der Waals surface area contributed by atoms with Crippen LogP contribution in [0.1, 0.15) is 52.2 Å². The lowest BCUT2D eigenvalue weighted by molar-refractivity contribution is 0.206. The molecule has 0 radical (unpaired) electrons. The molecule has 1 saturated heterocycles. The summed E-state index contributed by atoms with van der Waals surface area (Å²) in [6.45, 7) is 15.1. The van der Waals surface area contributed by atoms with Crippen molar-refractivity contribution in [2.24, 2.45) is 0 Å². The summed E-state index contributed by atoms with van der Waals surface area (Å²) in [5.74, 6) is 0. The fourth-order valence-corrected chi connectivity index (χ4v) is 5.42. The molecule has 0 aliphatic carbocycles. The minimum Gasteiger partial charge on any atom is -0.313 e. The van der Waals surface area contributed by atoms with Gasteiger partial charge in [0.2, 0.25) is 7.37 Å². The molecule has 1 aliphatic rings. The molecule has 8 heteroatoms. The molecule has 0 aromatic heterocycles. The lowest BCUT2D eigenvalue weighted by Crippen LogP contribution is -2.18. The third kappa shape index (κ3) is 17.9. The van der Waals surface area contributed by atoms with E-state index in [2.05, 4.69) is 67.7 Å². The van der Waals surface area contributed by atoms with Crippen LogP contribution in [0.15, 0.2) is 91.0 Å². The predicted octanol–water partition coefficient (Wildman–Crippen LogP) is 7.67. The Morgan fingerprint density at radius 2 is 1.33 bits per heavy atom. The van der Waals surface area contributed by atoms with Gasteiger partial charge in [0, 0.05) is 11.8 Å². The minimum atomic E-state index is -2.57. The van der Waals surface area contributed by atoms with E-state index < -0.39 is 15.4 Å². The van der Waals surface area contributed by atoms with Gasteiger partial charge in [0.15, 0.2) is 6.66 Å². The van der Waals surface area contributed by atoms with Gasteiger partial charge in [0.05, 0.1) is 6.29 Å². The Kier molecular flexibility index (Phi) is 22.4. The Morgan fingerprint density at radius 1 is 0.872 bits per heavy atom. The molecule has 1 fully saturated rings. The van der Waals surface area contributed by atoms with E-state index in [-0.39, 0.29) is 0 Å². The summed E-state index contributed by atoms with van der Waals surface area (Å²) in [6.07, 6.45) is 2.89. The van der Waals surface area contributed by atoms with Crippen molar-refractivity contribution in [2.45, 2.75) is 54.0 Å². The summed E-state index contributed by atoms with van der Waals surface area (Å²) in [5, 5.41) is 4.18. The molecular formula is C31H49N2O4P2+. The summed E-state index contributed by atoms with van der Waals surface area (Å²) < 4.78 is 26.9. The van der Waals surface area contributed by atoms with E-state index in [1.54, 1.807) is 0 Å². The van der Waals surface area contributed by atoms with Gasteiger partial charge in [-0.05, 0) is 53.8 Å². The number of hydrogen-bond donors (Lipinski definition) is 2. The Morgan fingerprint density at radius 3 is 1.72 bits per heavy atom. The van der Waals surface area contributed by atoms with Crippen molar-refractivity contribution >= 4 is 20.7 Å². The third-order valence-corrected chi connectivity index (χ3v) is 7.67. The van der Waals surface area contributed by atoms with Gasteiger partial charge in [0.1, 0.15) is 6.73 Å². The molecule has 2 N–H and O–H groups in total. The zero-order valence-corrected chi connectivity index (χ0v) is 26.4. The number of nitrogens with one attached hydrogen (secondary N) is 1. The van der Waals surface area contributed by atoms with E-state index in [1.165, 1.54) is 24.2 Å². The second-order valence-corrected chi connectivity index (χ2v) is 11.7. The Bertz CT molecular complexity index is 1020. The number of nitrogens with zero attached hydrogens (tertiary/aromatic N) is 1. The smallest absolute Gasteiger partial charge is 0.313 e. The second kappa shape index (κ2) is 23.7. The van der Waals surface area contributed by atoms with E-state index in [4.69, 9.17) is 14.0 Å². The zero-order valence-electron chi connectivity index (χ0n) is 24.6. The van der Waals surface area contributed by atoms with Crippen molar-refractivity contribution in [1.29, 1.82) is 0 Å². The second-order valence-electron chi connectivity index (χ2n) is 8.36. The van der Waals surface area contributed by atoms with Gasteiger partial charge in [0.25, 0.3) is 0 Å². The fraction of sp³-hybridized carbons (Fsp3) is 0.419. The molecule has 4 rings (SSSR count). The van der Waals surface area contributed by atoms with Crippen LogP contribution in [0.25, 0.3) is 0 Å². The average molecular weight is 576 g/mol. The van der Waals surface area contributed by atoms with E-state index in [1.807, 2.05) is 68.1 Å². The Balaban J connectivity index is 0.000000518. The number of aryl methyl sites for hydroxylation is 1. The van der Waals surface area contributed by atoms with Gasteiger partial charge >= 0.3 is 8.03 Å². The fourth-order valence-electron chi connectivity index (χ4n) is 3.24. The van der Waals surface area contributed by atoms with Gasteiger partial charge in [-0.2, -0.15) is 4.89 Å². The van der Waals surface area contributed by atoms with Crippen LogP contribution in [-0.4, -0.2) is 42.6 Å². The van der Waals surface area contributed by atoms with Crippen molar-refractivity contribution in [2.75, 3.05) is 32.8 Å². The summed E-state index contributed by atoms with van der Waals surface area (Å²) in [6, 6.07) is 30.4. The van der Waals surface area contributed by atoms with E-state index in [0.717, 1.165) is 31.4 Å². The number of benzene rings is 3. The van der Waals surface area contributed by atoms with Crippen LogP contribution in [0.5, 0.6) is 0 Å². The molecule has 0 saturated carbocycles. The van der Waals surface area contributed by atoms with Crippen molar-refractivity contribution < 1.29 is 18.5 Å². The van der Waals surface area contributed by atoms with E-state index in [0.29, 0.717) is 13.0 Å². The van der Waals surface area contributed by atoms with Crippen LogP contribution >= 0.6 is 15.4 Å². The first kappa shape index (κ1) is 36.8. The SMILES string of the molecule is CC.CCCNCc1ccccc1.CCN1COP(=O)(c2ccccc2)C1.CCc1ccccc1.C[P+](=O)O. The highest BCUT2D eigenvalue weighted by Gasteiger charge is 2.34. The van der Waals surface area contributed by atoms with Crippen LogP contribution in [0.3, 0.4) is 0 Å². The highest BCUT2D eigenvalue weighted by molar-refractivity contribution is 7.67. The quantitative estimate of drug-likeness (QED) is 0.222. The lowest BCUT2D eigenvalue weighted by atomic mass is 10.2. The maximum atomic E-state index is 12.3.